The Morgan fingerprint density at radius 1 is 1.03 bits per heavy atom. The molecule has 0 atom stereocenters. The molecule has 4 rings (SSSR count). The van der Waals surface area contributed by atoms with Crippen LogP contribution in [0.3, 0.4) is 0 Å². The highest BCUT2D eigenvalue weighted by Crippen LogP contribution is 2.41. The van der Waals surface area contributed by atoms with Crippen LogP contribution in [0.1, 0.15) is 67.9 Å². The zero-order valence-electron chi connectivity index (χ0n) is 19.9. The summed E-state index contributed by atoms with van der Waals surface area (Å²) in [6, 6.07) is 11.4. The van der Waals surface area contributed by atoms with Crippen LogP contribution in [-0.4, -0.2) is 46.9 Å². The fraction of sp³-hybridized carbons (Fsp3) is 0.407. The Bertz CT molecular complexity index is 1210. The number of halogens is 2. The largest absolute Gasteiger partial charge is 0.325 e. The normalized spacial score (nSPS) is 19.1. The zero-order valence-corrected chi connectivity index (χ0v) is 19.9. The smallest absolute Gasteiger partial charge is 0.323 e. The fourth-order valence-electron chi connectivity index (χ4n) is 4.82. The van der Waals surface area contributed by atoms with E-state index in [0.29, 0.717) is 16.7 Å². The van der Waals surface area contributed by atoms with Gasteiger partial charge in [-0.3, -0.25) is 19.3 Å². The number of imide groups is 1. The van der Waals surface area contributed by atoms with E-state index in [-0.39, 0.29) is 18.3 Å². The van der Waals surface area contributed by atoms with Gasteiger partial charge in [-0.1, -0.05) is 57.2 Å². The van der Waals surface area contributed by atoms with Gasteiger partial charge in [0.2, 0.25) is 12.2 Å². The first-order valence-electron chi connectivity index (χ1n) is 11.5. The number of urea groups is 1. The van der Waals surface area contributed by atoms with Crippen LogP contribution in [0.4, 0.5) is 13.6 Å². The number of carbonyl (C=O) groups is 3. The first-order chi connectivity index (χ1) is 16.4. The average molecular weight is 482 g/mol. The van der Waals surface area contributed by atoms with Crippen molar-refractivity contribution in [1.29, 1.82) is 0 Å². The minimum Gasteiger partial charge on any atom is -0.323 e. The van der Waals surface area contributed by atoms with Gasteiger partial charge in [0.15, 0.2) is 5.78 Å². The predicted octanol–water partition coefficient (Wildman–Crippen LogP) is 4.79. The summed E-state index contributed by atoms with van der Waals surface area (Å²) in [5.74, 6) is -3.93. The second kappa shape index (κ2) is 8.66. The second-order valence-corrected chi connectivity index (χ2v) is 10.3. The van der Waals surface area contributed by atoms with Crippen LogP contribution in [0, 0.1) is 0 Å². The standard InChI is InChI=1S/C27H27F2N2O4/c1-25(2,3)21-14-17(8-9-20(21)19-7-5-4-6-18(19)16-32)22(33)15-31-23(34)26(30-24(31)35)10-12-27(28,29)13-11-26/h4-9,14H,10-13,15H2,1-3H3,(H,30,35). The van der Waals surface area contributed by atoms with Gasteiger partial charge >= 0.3 is 6.03 Å². The number of Topliss-reactive ketones (excluding diaryl/α,β-unsaturated/α-hetero) is 1. The van der Waals surface area contributed by atoms with E-state index in [9.17, 15) is 28.0 Å². The Kier molecular flexibility index (Phi) is 6.11. The van der Waals surface area contributed by atoms with E-state index in [2.05, 4.69) is 5.32 Å². The maximum absolute atomic E-state index is 13.6. The molecule has 2 aromatic rings. The van der Waals surface area contributed by atoms with Crippen molar-refractivity contribution in [2.75, 3.05) is 6.54 Å². The molecule has 2 fully saturated rings. The lowest BCUT2D eigenvalue weighted by Crippen LogP contribution is -2.51. The van der Waals surface area contributed by atoms with Gasteiger partial charge in [-0.05, 0) is 41.0 Å². The van der Waals surface area contributed by atoms with Gasteiger partial charge in [0.1, 0.15) is 5.54 Å². The van der Waals surface area contributed by atoms with Crippen molar-refractivity contribution in [2.45, 2.75) is 63.3 Å². The molecule has 0 aromatic heterocycles. The highest BCUT2D eigenvalue weighted by Gasteiger charge is 2.55. The molecule has 1 aliphatic heterocycles. The molecule has 35 heavy (non-hydrogen) atoms. The number of nitrogens with one attached hydrogen (secondary N) is 1. The Balaban J connectivity index is 1.61. The molecule has 1 N–H and O–H groups in total. The third-order valence-corrected chi connectivity index (χ3v) is 6.86. The molecule has 6 nitrogen and oxygen atoms in total. The van der Waals surface area contributed by atoms with Crippen LogP contribution in [0.25, 0.3) is 11.1 Å². The summed E-state index contributed by atoms with van der Waals surface area (Å²) >= 11 is 0. The SMILES string of the molecule is CC(C)(C)c1cc(C(=O)CN2C(=O)NC3(CCC(F)(F)CC3)C2=O)ccc1-c1ccccc1[C]=O. The number of benzene rings is 2. The van der Waals surface area contributed by atoms with E-state index in [1.165, 1.54) is 0 Å². The van der Waals surface area contributed by atoms with E-state index >= 15 is 0 Å². The molecule has 1 radical (unpaired) electrons. The molecule has 1 spiro atoms. The summed E-state index contributed by atoms with van der Waals surface area (Å²) in [4.78, 5) is 51.0. The van der Waals surface area contributed by atoms with Gasteiger partial charge < -0.3 is 5.32 Å². The van der Waals surface area contributed by atoms with Crippen LogP contribution < -0.4 is 5.32 Å². The molecule has 1 saturated heterocycles. The number of amides is 3. The van der Waals surface area contributed by atoms with Gasteiger partial charge in [0.25, 0.3) is 5.91 Å². The van der Waals surface area contributed by atoms with Gasteiger partial charge in [-0.25, -0.2) is 13.6 Å². The van der Waals surface area contributed by atoms with Crippen LogP contribution in [0.5, 0.6) is 0 Å². The molecular formula is C27H27F2N2O4. The molecule has 3 amide bonds. The maximum Gasteiger partial charge on any atom is 0.325 e. The van der Waals surface area contributed by atoms with E-state index < -0.39 is 48.6 Å². The third kappa shape index (κ3) is 4.61. The first kappa shape index (κ1) is 24.7. The summed E-state index contributed by atoms with van der Waals surface area (Å²) in [5, 5.41) is 2.56. The molecule has 1 heterocycles. The highest BCUT2D eigenvalue weighted by molar-refractivity contribution is 6.11. The van der Waals surface area contributed by atoms with Crippen LogP contribution >= 0.6 is 0 Å². The highest BCUT2D eigenvalue weighted by atomic mass is 19.3. The number of carbonyl (C=O) groups excluding carboxylic acids is 4. The van der Waals surface area contributed by atoms with Gasteiger partial charge in [-0.2, -0.15) is 0 Å². The minimum atomic E-state index is -2.86. The monoisotopic (exact) mass is 481 g/mol. The Morgan fingerprint density at radius 3 is 2.31 bits per heavy atom. The number of hydrogen-bond donors (Lipinski definition) is 1. The Morgan fingerprint density at radius 2 is 1.69 bits per heavy atom. The van der Waals surface area contributed by atoms with Crippen molar-refractivity contribution in [3.63, 3.8) is 0 Å². The number of alkyl halides is 2. The number of hydrogen-bond acceptors (Lipinski definition) is 4. The average Bonchev–Trinajstić information content (AvgIpc) is 3.04. The number of ketones is 1. The lowest BCUT2D eigenvalue weighted by Gasteiger charge is -2.34. The molecule has 0 bridgehead atoms. The molecule has 0 unspecified atom stereocenters. The molecular weight excluding hydrogens is 454 g/mol. The molecule has 1 saturated carbocycles. The van der Waals surface area contributed by atoms with Crippen molar-refractivity contribution in [3.05, 3.63) is 59.2 Å². The zero-order chi connectivity index (χ0) is 25.6. The van der Waals surface area contributed by atoms with Crippen LogP contribution in [-0.2, 0) is 15.0 Å². The molecule has 2 aliphatic rings. The molecule has 8 heteroatoms. The minimum absolute atomic E-state index is 0.161. The van der Waals surface area contributed by atoms with E-state index in [1.807, 2.05) is 39.2 Å². The van der Waals surface area contributed by atoms with Gasteiger partial charge in [0, 0.05) is 24.0 Å². The summed E-state index contributed by atoms with van der Waals surface area (Å²) in [7, 11) is 0. The fourth-order valence-corrected chi connectivity index (χ4v) is 4.82. The Hall–Kier alpha value is -3.42. The topological polar surface area (TPSA) is 83.6 Å². The van der Waals surface area contributed by atoms with Crippen molar-refractivity contribution in [2.24, 2.45) is 0 Å². The quantitative estimate of drug-likeness (QED) is 0.492. The first-order valence-corrected chi connectivity index (χ1v) is 11.5. The summed E-state index contributed by atoms with van der Waals surface area (Å²) in [6.07, 6.45) is 0.648. The lowest BCUT2D eigenvalue weighted by atomic mass is 9.79. The van der Waals surface area contributed by atoms with Crippen molar-refractivity contribution < 1.29 is 28.0 Å². The van der Waals surface area contributed by atoms with E-state index in [4.69, 9.17) is 0 Å². The number of nitrogens with zero attached hydrogens (tertiary/aromatic N) is 1. The third-order valence-electron chi connectivity index (χ3n) is 6.86. The van der Waals surface area contributed by atoms with Crippen LogP contribution in [0.15, 0.2) is 42.5 Å². The number of rotatable bonds is 5. The van der Waals surface area contributed by atoms with Crippen molar-refractivity contribution >= 4 is 24.0 Å². The summed E-state index contributed by atoms with van der Waals surface area (Å²) in [5.41, 5.74) is 1.24. The summed E-state index contributed by atoms with van der Waals surface area (Å²) in [6.45, 7) is 5.46. The van der Waals surface area contributed by atoms with E-state index in [1.54, 1.807) is 30.3 Å². The Labute approximate surface area is 202 Å². The van der Waals surface area contributed by atoms with E-state index in [0.717, 1.165) is 16.0 Å². The predicted molar refractivity (Wildman–Crippen MR) is 126 cm³/mol. The van der Waals surface area contributed by atoms with Gasteiger partial charge in [-0.15, -0.1) is 0 Å². The lowest BCUT2D eigenvalue weighted by molar-refractivity contribution is -0.135. The maximum atomic E-state index is 13.6. The molecule has 2 aromatic carbocycles. The van der Waals surface area contributed by atoms with Crippen LogP contribution in [0.2, 0.25) is 0 Å². The van der Waals surface area contributed by atoms with Crippen molar-refractivity contribution in [3.8, 4) is 11.1 Å². The summed E-state index contributed by atoms with van der Waals surface area (Å²) < 4.78 is 27.2. The van der Waals surface area contributed by atoms with Crippen molar-refractivity contribution in [1.82, 2.24) is 10.2 Å². The molecule has 1 aliphatic carbocycles. The second-order valence-electron chi connectivity index (χ2n) is 10.3. The molecule has 183 valence electrons. The van der Waals surface area contributed by atoms with Gasteiger partial charge in [0.05, 0.1) is 6.54 Å².